The van der Waals surface area contributed by atoms with Gasteiger partial charge >= 0.3 is 6.18 Å². The summed E-state index contributed by atoms with van der Waals surface area (Å²) >= 11 is 0. The maximum absolute atomic E-state index is 12.5. The monoisotopic (exact) mass is 282 g/mol. The van der Waals surface area contributed by atoms with E-state index >= 15 is 0 Å². The smallest absolute Gasteiger partial charge is 0.306 e. The van der Waals surface area contributed by atoms with Crippen LogP contribution in [0.2, 0.25) is 0 Å². The molecule has 1 heterocycles. The van der Waals surface area contributed by atoms with Crippen LogP contribution in [0.4, 0.5) is 13.2 Å². The second kappa shape index (κ2) is 5.11. The first-order valence-corrected chi connectivity index (χ1v) is 6.10. The summed E-state index contributed by atoms with van der Waals surface area (Å²) in [6.45, 7) is 3.53. The van der Waals surface area contributed by atoms with Gasteiger partial charge in [-0.3, -0.25) is 4.79 Å². The van der Waals surface area contributed by atoms with Crippen LogP contribution in [0.3, 0.4) is 0 Å². The molecule has 20 heavy (non-hydrogen) atoms. The van der Waals surface area contributed by atoms with Gasteiger partial charge in [-0.2, -0.15) is 13.2 Å². The van der Waals surface area contributed by atoms with Gasteiger partial charge in [0.2, 0.25) is 0 Å². The number of nitrogens with zero attached hydrogens (tertiary/aromatic N) is 1. The number of halogens is 3. The first kappa shape index (κ1) is 14.3. The van der Waals surface area contributed by atoms with E-state index in [1.807, 2.05) is 6.92 Å². The number of hydrogen-bond acceptors (Lipinski definition) is 2. The molecule has 1 N–H and O–H groups in total. The van der Waals surface area contributed by atoms with Crippen LogP contribution in [0.25, 0.3) is 11.4 Å². The van der Waals surface area contributed by atoms with Gasteiger partial charge in [0.1, 0.15) is 5.82 Å². The minimum atomic E-state index is -4.37. The molecule has 2 rings (SSSR count). The van der Waals surface area contributed by atoms with Crippen LogP contribution in [0.1, 0.15) is 23.7 Å². The van der Waals surface area contributed by atoms with Crippen LogP contribution in [0, 0.1) is 6.92 Å². The van der Waals surface area contributed by atoms with E-state index in [9.17, 15) is 18.0 Å². The molecule has 0 radical (unpaired) electrons. The third kappa shape index (κ3) is 2.74. The minimum absolute atomic E-state index is 0.272. The molecule has 6 heteroatoms. The lowest BCUT2D eigenvalue weighted by atomic mass is 10.1. The summed E-state index contributed by atoms with van der Waals surface area (Å²) in [6, 6.07) is 4.55. The highest BCUT2D eigenvalue weighted by atomic mass is 19.4. The van der Waals surface area contributed by atoms with Crippen molar-refractivity contribution >= 4 is 0 Å². The van der Waals surface area contributed by atoms with Crippen molar-refractivity contribution in [3.63, 3.8) is 0 Å². The van der Waals surface area contributed by atoms with E-state index in [1.54, 1.807) is 6.92 Å². The zero-order valence-electron chi connectivity index (χ0n) is 11.0. The molecule has 1 aromatic carbocycles. The number of aryl methyl sites for hydroxylation is 1. The zero-order chi connectivity index (χ0) is 14.9. The van der Waals surface area contributed by atoms with Gasteiger partial charge in [0, 0.05) is 11.1 Å². The van der Waals surface area contributed by atoms with Gasteiger partial charge in [-0.25, -0.2) is 4.98 Å². The Bertz CT molecular complexity index is 672. The van der Waals surface area contributed by atoms with Gasteiger partial charge < -0.3 is 4.98 Å². The van der Waals surface area contributed by atoms with E-state index < -0.39 is 11.7 Å². The van der Waals surface area contributed by atoms with E-state index in [0.29, 0.717) is 23.2 Å². The third-order valence-corrected chi connectivity index (χ3v) is 3.07. The summed E-state index contributed by atoms with van der Waals surface area (Å²) in [6.07, 6.45) is -3.79. The first-order chi connectivity index (χ1) is 9.32. The lowest BCUT2D eigenvalue weighted by Gasteiger charge is -2.08. The number of aromatic nitrogens is 2. The molecule has 0 unspecified atom stereocenters. The Morgan fingerprint density at radius 2 is 1.80 bits per heavy atom. The molecular formula is C14H13F3N2O. The summed E-state index contributed by atoms with van der Waals surface area (Å²) < 4.78 is 37.5. The van der Waals surface area contributed by atoms with E-state index in [2.05, 4.69) is 9.97 Å². The Morgan fingerprint density at radius 3 is 2.30 bits per heavy atom. The van der Waals surface area contributed by atoms with Gasteiger partial charge in [0.05, 0.1) is 11.3 Å². The average molecular weight is 282 g/mol. The second-order valence-electron chi connectivity index (χ2n) is 4.41. The number of H-pyrrole nitrogens is 1. The van der Waals surface area contributed by atoms with E-state index in [4.69, 9.17) is 0 Å². The normalized spacial score (nSPS) is 11.7. The third-order valence-electron chi connectivity index (χ3n) is 3.07. The first-order valence-electron chi connectivity index (χ1n) is 6.10. The molecule has 0 aliphatic heterocycles. The van der Waals surface area contributed by atoms with Crippen molar-refractivity contribution in [2.75, 3.05) is 0 Å². The molecule has 1 aromatic heterocycles. The summed E-state index contributed by atoms with van der Waals surface area (Å²) in [4.78, 5) is 18.6. The summed E-state index contributed by atoms with van der Waals surface area (Å²) in [5.74, 6) is 0.283. The second-order valence-corrected chi connectivity index (χ2v) is 4.41. The fourth-order valence-corrected chi connectivity index (χ4v) is 1.88. The van der Waals surface area contributed by atoms with Crippen LogP contribution in [-0.2, 0) is 12.6 Å². The lowest BCUT2D eigenvalue weighted by Crippen LogP contribution is -2.15. The Labute approximate surface area is 113 Å². The van der Waals surface area contributed by atoms with E-state index in [-0.39, 0.29) is 11.4 Å². The Morgan fingerprint density at radius 1 is 1.20 bits per heavy atom. The summed E-state index contributed by atoms with van der Waals surface area (Å²) in [5, 5.41) is 0. The Balaban J connectivity index is 2.47. The highest BCUT2D eigenvalue weighted by Gasteiger charge is 2.30. The molecule has 2 aromatic rings. The van der Waals surface area contributed by atoms with Gasteiger partial charge in [0.25, 0.3) is 5.56 Å². The van der Waals surface area contributed by atoms with E-state index in [1.165, 1.54) is 12.1 Å². The topological polar surface area (TPSA) is 45.8 Å². The summed E-state index contributed by atoms with van der Waals surface area (Å²) in [5.41, 5.74) is 0.620. The maximum Gasteiger partial charge on any atom is 0.416 e. The lowest BCUT2D eigenvalue weighted by molar-refractivity contribution is -0.137. The van der Waals surface area contributed by atoms with Crippen molar-refractivity contribution in [1.29, 1.82) is 0 Å². The molecule has 106 valence electrons. The maximum atomic E-state index is 12.5. The Kier molecular flexibility index (Phi) is 3.65. The fraction of sp³-hybridized carbons (Fsp3) is 0.286. The van der Waals surface area contributed by atoms with Crippen molar-refractivity contribution < 1.29 is 13.2 Å². The van der Waals surface area contributed by atoms with E-state index in [0.717, 1.165) is 12.1 Å². The number of benzene rings is 1. The SMILES string of the molecule is CCc1nc(-c2ccc(C(F)(F)F)cc2)[nH]c(=O)c1C. The number of hydrogen-bond donors (Lipinski definition) is 1. The molecule has 0 spiro atoms. The molecule has 0 saturated carbocycles. The highest BCUT2D eigenvalue weighted by molar-refractivity contribution is 5.55. The van der Waals surface area contributed by atoms with Crippen LogP contribution in [0.5, 0.6) is 0 Å². The largest absolute Gasteiger partial charge is 0.416 e. The molecule has 3 nitrogen and oxygen atoms in total. The molecular weight excluding hydrogens is 269 g/mol. The van der Waals surface area contributed by atoms with Crippen molar-refractivity contribution in [1.82, 2.24) is 9.97 Å². The minimum Gasteiger partial charge on any atom is -0.306 e. The van der Waals surface area contributed by atoms with Gasteiger partial charge in [-0.1, -0.05) is 19.1 Å². The van der Waals surface area contributed by atoms with Crippen molar-refractivity contribution in [3.8, 4) is 11.4 Å². The number of aromatic amines is 1. The Hall–Kier alpha value is -2.11. The molecule has 0 aliphatic rings. The van der Waals surface area contributed by atoms with Crippen LogP contribution >= 0.6 is 0 Å². The van der Waals surface area contributed by atoms with Gasteiger partial charge in [-0.15, -0.1) is 0 Å². The fourth-order valence-electron chi connectivity index (χ4n) is 1.88. The van der Waals surface area contributed by atoms with Crippen molar-refractivity contribution in [2.45, 2.75) is 26.4 Å². The quantitative estimate of drug-likeness (QED) is 0.918. The standard InChI is InChI=1S/C14H13F3N2O/c1-3-11-8(2)13(20)19-12(18-11)9-4-6-10(7-5-9)14(15,16)17/h4-7H,3H2,1-2H3,(H,18,19,20). The zero-order valence-corrected chi connectivity index (χ0v) is 11.0. The number of rotatable bonds is 2. The summed E-state index contributed by atoms with van der Waals surface area (Å²) in [7, 11) is 0. The molecule has 0 aliphatic carbocycles. The van der Waals surface area contributed by atoms with Crippen LogP contribution < -0.4 is 5.56 Å². The molecule has 0 atom stereocenters. The molecule has 0 amide bonds. The molecule has 0 saturated heterocycles. The van der Waals surface area contributed by atoms with Crippen LogP contribution in [-0.4, -0.2) is 9.97 Å². The van der Waals surface area contributed by atoms with Crippen molar-refractivity contribution in [2.24, 2.45) is 0 Å². The van der Waals surface area contributed by atoms with Gasteiger partial charge in [-0.05, 0) is 25.5 Å². The molecule has 0 bridgehead atoms. The average Bonchev–Trinajstić information content (AvgIpc) is 2.41. The van der Waals surface area contributed by atoms with Crippen LogP contribution in [0.15, 0.2) is 29.1 Å². The molecule has 0 fully saturated rings. The highest BCUT2D eigenvalue weighted by Crippen LogP contribution is 2.30. The predicted molar refractivity (Wildman–Crippen MR) is 69.4 cm³/mol. The van der Waals surface area contributed by atoms with Gasteiger partial charge in [0.15, 0.2) is 0 Å². The number of alkyl halides is 3. The predicted octanol–water partition coefficient (Wildman–Crippen LogP) is 3.33. The number of nitrogens with one attached hydrogen (secondary N) is 1. The van der Waals surface area contributed by atoms with Crippen molar-refractivity contribution in [3.05, 3.63) is 51.4 Å².